The maximum absolute atomic E-state index is 10.4. The molecule has 0 spiro atoms. The fourth-order valence-corrected chi connectivity index (χ4v) is 1.75. The molecule has 0 saturated heterocycles. The van der Waals surface area contributed by atoms with Crippen LogP contribution in [0.4, 0.5) is 0 Å². The van der Waals surface area contributed by atoms with Crippen LogP contribution in [0, 0.1) is 5.41 Å². The Hall–Kier alpha value is -0.120. The highest BCUT2D eigenvalue weighted by Gasteiger charge is 2.39. The van der Waals surface area contributed by atoms with Crippen molar-refractivity contribution in [2.24, 2.45) is 5.41 Å². The second-order valence-electron chi connectivity index (χ2n) is 5.30. The molecule has 0 fully saturated rings. The van der Waals surface area contributed by atoms with Gasteiger partial charge in [-0.15, -0.1) is 0 Å². The molecule has 0 aliphatic carbocycles. The Kier molecular flexibility index (Phi) is 5.78. The smallest absolute Gasteiger partial charge is 0.0718 e. The third kappa shape index (κ3) is 4.49. The molecule has 3 nitrogen and oxygen atoms in total. The second kappa shape index (κ2) is 5.83. The lowest BCUT2D eigenvalue weighted by Crippen LogP contribution is -2.46. The first-order valence-electron chi connectivity index (χ1n) is 5.88. The van der Waals surface area contributed by atoms with Crippen LogP contribution in [0.1, 0.15) is 47.5 Å². The van der Waals surface area contributed by atoms with Crippen LogP contribution >= 0.6 is 0 Å². The first kappa shape index (κ1) is 14.9. The van der Waals surface area contributed by atoms with Crippen LogP contribution in [-0.2, 0) is 0 Å². The van der Waals surface area contributed by atoms with E-state index in [0.717, 1.165) is 6.54 Å². The van der Waals surface area contributed by atoms with E-state index in [2.05, 4.69) is 5.32 Å². The summed E-state index contributed by atoms with van der Waals surface area (Å²) in [5.41, 5.74) is -0.989. The van der Waals surface area contributed by atoms with Crippen LogP contribution in [0.5, 0.6) is 0 Å². The van der Waals surface area contributed by atoms with Crippen molar-refractivity contribution in [2.45, 2.75) is 59.2 Å². The second-order valence-corrected chi connectivity index (χ2v) is 5.30. The van der Waals surface area contributed by atoms with E-state index in [4.69, 9.17) is 0 Å². The minimum Gasteiger partial charge on any atom is -0.392 e. The third-order valence-corrected chi connectivity index (χ3v) is 3.18. The topological polar surface area (TPSA) is 52.5 Å². The van der Waals surface area contributed by atoms with Gasteiger partial charge in [-0.3, -0.25) is 0 Å². The van der Waals surface area contributed by atoms with Crippen molar-refractivity contribution < 1.29 is 10.2 Å². The number of hydrogen-bond acceptors (Lipinski definition) is 3. The van der Waals surface area contributed by atoms with Gasteiger partial charge in [0.2, 0.25) is 0 Å². The molecule has 92 valence electrons. The molecule has 0 aromatic heterocycles. The zero-order valence-corrected chi connectivity index (χ0v) is 10.8. The predicted molar refractivity (Wildman–Crippen MR) is 63.9 cm³/mol. The zero-order chi connectivity index (χ0) is 12.1. The fraction of sp³-hybridized carbons (Fsp3) is 1.00. The van der Waals surface area contributed by atoms with Crippen molar-refractivity contribution in [1.82, 2.24) is 5.32 Å². The Morgan fingerprint density at radius 2 is 1.73 bits per heavy atom. The van der Waals surface area contributed by atoms with Gasteiger partial charge in [-0.25, -0.2) is 0 Å². The summed E-state index contributed by atoms with van der Waals surface area (Å²) in [7, 11) is 0. The highest BCUT2D eigenvalue weighted by atomic mass is 16.3. The van der Waals surface area contributed by atoms with E-state index in [1.165, 1.54) is 0 Å². The molecule has 0 radical (unpaired) electrons. The lowest BCUT2D eigenvalue weighted by Gasteiger charge is -2.41. The van der Waals surface area contributed by atoms with E-state index in [-0.39, 0.29) is 5.41 Å². The van der Waals surface area contributed by atoms with Crippen LogP contribution in [0.3, 0.4) is 0 Å². The quantitative estimate of drug-likeness (QED) is 0.632. The van der Waals surface area contributed by atoms with Crippen molar-refractivity contribution >= 4 is 0 Å². The van der Waals surface area contributed by atoms with Gasteiger partial charge < -0.3 is 15.5 Å². The average Bonchev–Trinajstić information content (AvgIpc) is 2.12. The third-order valence-electron chi connectivity index (χ3n) is 3.18. The molecule has 0 aromatic carbocycles. The Balaban J connectivity index is 4.31. The number of rotatable bonds is 6. The van der Waals surface area contributed by atoms with Crippen molar-refractivity contribution in [3.63, 3.8) is 0 Å². The van der Waals surface area contributed by atoms with Gasteiger partial charge in [0, 0.05) is 13.0 Å². The molecule has 0 bridgehead atoms. The molecular formula is C12H27NO2. The van der Waals surface area contributed by atoms with E-state index in [0.29, 0.717) is 19.4 Å². The van der Waals surface area contributed by atoms with Crippen LogP contribution in [0.2, 0.25) is 0 Å². The lowest BCUT2D eigenvalue weighted by atomic mass is 9.72. The first-order chi connectivity index (χ1) is 6.77. The number of nitrogens with one attached hydrogen (secondary N) is 1. The number of aliphatic hydroxyl groups is 2. The summed E-state index contributed by atoms with van der Waals surface area (Å²) in [5.74, 6) is 0. The van der Waals surface area contributed by atoms with Crippen LogP contribution in [0.15, 0.2) is 0 Å². The minimum atomic E-state index is -0.790. The van der Waals surface area contributed by atoms with Gasteiger partial charge in [-0.05, 0) is 18.4 Å². The van der Waals surface area contributed by atoms with Crippen LogP contribution < -0.4 is 5.32 Å². The molecule has 0 amide bonds. The summed E-state index contributed by atoms with van der Waals surface area (Å²) in [6, 6.07) is 0. The minimum absolute atomic E-state index is 0.199. The number of aliphatic hydroxyl groups excluding tert-OH is 1. The summed E-state index contributed by atoms with van der Waals surface area (Å²) in [6.07, 6.45) is 0.619. The SMILES string of the molecule is CCNC[C@H](O)C[C@@](O)(CC)C(C)(C)C. The molecule has 0 aliphatic rings. The molecule has 0 aromatic rings. The molecule has 3 N–H and O–H groups in total. The van der Waals surface area contributed by atoms with Gasteiger partial charge in [-0.1, -0.05) is 34.6 Å². The van der Waals surface area contributed by atoms with Gasteiger partial charge in [0.05, 0.1) is 11.7 Å². The maximum atomic E-state index is 10.4. The van der Waals surface area contributed by atoms with E-state index < -0.39 is 11.7 Å². The Bertz CT molecular complexity index is 177. The lowest BCUT2D eigenvalue weighted by molar-refractivity contribution is -0.0908. The maximum Gasteiger partial charge on any atom is 0.0718 e. The highest BCUT2D eigenvalue weighted by molar-refractivity contribution is 4.91. The van der Waals surface area contributed by atoms with Crippen molar-refractivity contribution in [2.75, 3.05) is 13.1 Å². The average molecular weight is 217 g/mol. The number of likely N-dealkylation sites (N-methyl/N-ethyl adjacent to an activating group) is 1. The zero-order valence-electron chi connectivity index (χ0n) is 10.8. The summed E-state index contributed by atoms with van der Waals surface area (Å²) >= 11 is 0. The van der Waals surface area contributed by atoms with E-state index in [9.17, 15) is 10.2 Å². The number of hydrogen-bond donors (Lipinski definition) is 3. The van der Waals surface area contributed by atoms with Crippen molar-refractivity contribution in [3.05, 3.63) is 0 Å². The normalized spacial score (nSPS) is 18.6. The van der Waals surface area contributed by atoms with Crippen molar-refractivity contribution in [3.8, 4) is 0 Å². The van der Waals surface area contributed by atoms with Crippen molar-refractivity contribution in [1.29, 1.82) is 0 Å². The molecule has 0 unspecified atom stereocenters. The first-order valence-corrected chi connectivity index (χ1v) is 5.88. The summed E-state index contributed by atoms with van der Waals surface area (Å²) in [4.78, 5) is 0. The molecule has 0 saturated carbocycles. The Morgan fingerprint density at radius 1 is 1.20 bits per heavy atom. The van der Waals surface area contributed by atoms with Gasteiger partial charge in [-0.2, -0.15) is 0 Å². The van der Waals surface area contributed by atoms with E-state index in [1.807, 2.05) is 34.6 Å². The summed E-state index contributed by atoms with van der Waals surface area (Å²) < 4.78 is 0. The van der Waals surface area contributed by atoms with E-state index >= 15 is 0 Å². The molecule has 0 rings (SSSR count). The van der Waals surface area contributed by atoms with Gasteiger partial charge in [0.15, 0.2) is 0 Å². The van der Waals surface area contributed by atoms with Gasteiger partial charge in [0.1, 0.15) is 0 Å². The predicted octanol–water partition coefficient (Wildman–Crippen LogP) is 1.53. The summed E-state index contributed by atoms with van der Waals surface area (Å²) in [6.45, 7) is 11.4. The molecule has 3 heteroatoms. The molecular weight excluding hydrogens is 190 g/mol. The standard InChI is InChI=1S/C12H27NO2/c1-6-12(15,11(3,4)5)8-10(14)9-13-7-2/h10,13-15H,6-9H2,1-5H3/t10-,12+/m1/s1. The highest BCUT2D eigenvalue weighted by Crippen LogP contribution is 2.36. The monoisotopic (exact) mass is 217 g/mol. The van der Waals surface area contributed by atoms with Crippen LogP contribution in [0.25, 0.3) is 0 Å². The Morgan fingerprint density at radius 3 is 2.07 bits per heavy atom. The fourth-order valence-electron chi connectivity index (χ4n) is 1.75. The van der Waals surface area contributed by atoms with Gasteiger partial charge >= 0.3 is 0 Å². The van der Waals surface area contributed by atoms with Crippen LogP contribution in [-0.4, -0.2) is 35.0 Å². The molecule has 0 heterocycles. The molecule has 15 heavy (non-hydrogen) atoms. The molecule has 2 atom stereocenters. The largest absolute Gasteiger partial charge is 0.392 e. The summed E-state index contributed by atoms with van der Waals surface area (Å²) in [5, 5.41) is 23.3. The van der Waals surface area contributed by atoms with Gasteiger partial charge in [0.25, 0.3) is 0 Å². The van der Waals surface area contributed by atoms with E-state index in [1.54, 1.807) is 0 Å². The molecule has 0 aliphatic heterocycles. The Labute approximate surface area is 93.9 Å².